The average molecular weight is 559 g/mol. The molecule has 0 radical (unpaired) electrons. The van der Waals surface area contributed by atoms with Crippen molar-refractivity contribution >= 4 is 34.5 Å². The zero-order valence-corrected chi connectivity index (χ0v) is 22.9. The van der Waals surface area contributed by atoms with Crippen LogP contribution in [0.25, 0.3) is 11.0 Å². The van der Waals surface area contributed by atoms with Gasteiger partial charge in [-0.15, -0.1) is 5.10 Å². The Bertz CT molecular complexity index is 1580. The molecule has 0 saturated heterocycles. The van der Waals surface area contributed by atoms with Gasteiger partial charge in [0.1, 0.15) is 11.3 Å². The third-order valence-corrected chi connectivity index (χ3v) is 8.27. The lowest BCUT2D eigenvalue weighted by molar-refractivity contribution is -0.137. The Morgan fingerprint density at radius 3 is 2.65 bits per heavy atom. The number of amides is 1. The number of hydrogen-bond donors (Lipinski definition) is 1. The van der Waals surface area contributed by atoms with Crippen molar-refractivity contribution in [2.24, 2.45) is 0 Å². The summed E-state index contributed by atoms with van der Waals surface area (Å²) in [7, 11) is 0. The lowest BCUT2D eigenvalue weighted by atomic mass is 9.85. The van der Waals surface area contributed by atoms with Gasteiger partial charge < -0.3 is 14.7 Å². The van der Waals surface area contributed by atoms with Gasteiger partial charge in [0.05, 0.1) is 29.1 Å². The van der Waals surface area contributed by atoms with Crippen LogP contribution in [-0.2, 0) is 24.3 Å². The first kappa shape index (κ1) is 26.3. The molecular weight excluding hydrogens is 528 g/mol. The van der Waals surface area contributed by atoms with Crippen LogP contribution in [0.3, 0.4) is 0 Å². The van der Waals surface area contributed by atoms with E-state index in [9.17, 15) is 14.7 Å². The highest BCUT2D eigenvalue weighted by Gasteiger charge is 2.26. The van der Waals surface area contributed by atoms with E-state index in [1.807, 2.05) is 28.9 Å². The number of rotatable bonds is 2. The van der Waals surface area contributed by atoms with Gasteiger partial charge in [-0.1, -0.05) is 47.5 Å². The molecule has 0 spiro atoms. The Morgan fingerprint density at radius 2 is 1.80 bits per heavy atom. The number of carboxylic acids is 1. The van der Waals surface area contributed by atoms with Gasteiger partial charge in [-0.05, 0) is 78.3 Å². The van der Waals surface area contributed by atoms with E-state index < -0.39 is 5.97 Å². The Morgan fingerprint density at radius 1 is 0.975 bits per heavy atom. The van der Waals surface area contributed by atoms with Crippen molar-refractivity contribution in [3.05, 3.63) is 87.4 Å². The van der Waals surface area contributed by atoms with Crippen molar-refractivity contribution in [1.29, 1.82) is 0 Å². The van der Waals surface area contributed by atoms with Crippen molar-refractivity contribution in [3.8, 4) is 5.75 Å². The molecule has 206 valence electrons. The topological polar surface area (TPSA) is 97.6 Å². The fourth-order valence-electron chi connectivity index (χ4n) is 5.78. The van der Waals surface area contributed by atoms with E-state index in [1.54, 1.807) is 23.1 Å². The van der Waals surface area contributed by atoms with E-state index in [-0.39, 0.29) is 18.2 Å². The van der Waals surface area contributed by atoms with E-state index in [0.717, 1.165) is 66.4 Å². The van der Waals surface area contributed by atoms with Gasteiger partial charge in [-0.3, -0.25) is 9.59 Å². The minimum absolute atomic E-state index is 0.0505. The predicted octanol–water partition coefficient (Wildman–Crippen LogP) is 5.84. The zero-order chi connectivity index (χ0) is 27.6. The van der Waals surface area contributed by atoms with Gasteiger partial charge in [0.25, 0.3) is 5.91 Å². The third kappa shape index (κ3) is 5.41. The van der Waals surface area contributed by atoms with Crippen LogP contribution in [0.2, 0.25) is 5.02 Å². The van der Waals surface area contributed by atoms with Crippen LogP contribution in [0.1, 0.15) is 70.6 Å². The monoisotopic (exact) mass is 558 g/mol. The molecule has 40 heavy (non-hydrogen) atoms. The van der Waals surface area contributed by atoms with Crippen LogP contribution in [0, 0.1) is 0 Å². The van der Waals surface area contributed by atoms with Gasteiger partial charge in [-0.2, -0.15) is 0 Å². The summed E-state index contributed by atoms with van der Waals surface area (Å²) >= 11 is 6.54. The van der Waals surface area contributed by atoms with E-state index in [1.165, 1.54) is 5.56 Å². The minimum Gasteiger partial charge on any atom is -0.494 e. The first-order valence-electron chi connectivity index (χ1n) is 13.8. The van der Waals surface area contributed by atoms with Crippen LogP contribution in [-0.4, -0.2) is 50.0 Å². The molecule has 0 saturated carbocycles. The minimum atomic E-state index is -0.872. The molecule has 9 rings (SSSR count). The van der Waals surface area contributed by atoms with E-state index in [2.05, 4.69) is 22.4 Å². The number of aromatic nitrogens is 3. The molecule has 5 aliphatic heterocycles. The Kier molecular flexibility index (Phi) is 7.43. The van der Waals surface area contributed by atoms with E-state index in [0.29, 0.717) is 36.0 Å². The summed E-state index contributed by atoms with van der Waals surface area (Å²) in [4.78, 5) is 27.2. The summed E-state index contributed by atoms with van der Waals surface area (Å²) in [6.07, 6.45) is 4.61. The molecule has 5 aliphatic rings. The number of carbonyl (C=O) groups is 2. The number of carboxylic acid groups (broad SMARTS) is 1. The molecule has 9 heteroatoms. The molecule has 1 amide bonds. The van der Waals surface area contributed by atoms with Crippen molar-refractivity contribution in [2.75, 3.05) is 13.2 Å². The summed E-state index contributed by atoms with van der Waals surface area (Å²) in [5.74, 6) is -0.692. The quantitative estimate of drug-likeness (QED) is 0.332. The number of hydrogen-bond acceptors (Lipinski definition) is 5. The highest BCUT2D eigenvalue weighted by Crippen LogP contribution is 2.33. The standard InChI is InChI=1S/C31H31ClN4O4/c32-27-17-24-8-9-25(27)31(39)35-13-11-20-5-6-21(15-23(20)19-35)26(18-30(37)38)22-7-10-29-28(16-22)33-34-36(29)12-3-1-2-4-14-40-24/h5-10,15-17,26H,1-4,11-14,18-19H2,(H,37,38). The Labute approximate surface area is 237 Å². The molecule has 3 aromatic carbocycles. The fraction of sp³-hybridized carbons (Fsp3) is 0.355. The van der Waals surface area contributed by atoms with Crippen molar-refractivity contribution < 1.29 is 19.4 Å². The maximum Gasteiger partial charge on any atom is 0.304 e. The third-order valence-electron chi connectivity index (χ3n) is 7.96. The predicted molar refractivity (Wildman–Crippen MR) is 152 cm³/mol. The normalized spacial score (nSPS) is 18.0. The molecule has 8 nitrogen and oxygen atoms in total. The van der Waals surface area contributed by atoms with Crippen LogP contribution in [0.4, 0.5) is 0 Å². The van der Waals surface area contributed by atoms with Gasteiger partial charge in [-0.25, -0.2) is 4.68 Å². The number of nitrogens with zero attached hydrogens (tertiary/aromatic N) is 4. The molecule has 1 unspecified atom stereocenters. The lowest BCUT2D eigenvalue weighted by Gasteiger charge is -2.30. The molecule has 9 bridgehead atoms. The highest BCUT2D eigenvalue weighted by atomic mass is 35.5. The first-order valence-corrected chi connectivity index (χ1v) is 14.2. The molecule has 6 heterocycles. The highest BCUT2D eigenvalue weighted by molar-refractivity contribution is 6.34. The summed E-state index contributed by atoms with van der Waals surface area (Å²) in [6, 6.07) is 17.3. The summed E-state index contributed by atoms with van der Waals surface area (Å²) in [6.45, 7) is 2.37. The van der Waals surface area contributed by atoms with Gasteiger partial charge >= 0.3 is 5.97 Å². The second kappa shape index (κ2) is 11.3. The molecule has 0 fully saturated rings. The Balaban J connectivity index is 1.37. The van der Waals surface area contributed by atoms with Crippen molar-refractivity contribution in [1.82, 2.24) is 19.9 Å². The summed E-state index contributed by atoms with van der Waals surface area (Å²) < 4.78 is 7.82. The van der Waals surface area contributed by atoms with Gasteiger partial charge in [0.15, 0.2) is 0 Å². The van der Waals surface area contributed by atoms with E-state index in [4.69, 9.17) is 16.3 Å². The molecular formula is C31H31ClN4O4. The zero-order valence-electron chi connectivity index (χ0n) is 22.2. The molecule has 4 aromatic rings. The first-order chi connectivity index (χ1) is 19.5. The van der Waals surface area contributed by atoms with Crippen molar-refractivity contribution in [3.63, 3.8) is 0 Å². The SMILES string of the molecule is O=C(O)CC1c2ccc3c(c2)CN(CC3)C(=O)c2ccc(cc2Cl)OCCCCCCn2nnc3cc1ccc32. The maximum atomic E-state index is 13.5. The second-order valence-electron chi connectivity index (χ2n) is 10.6. The van der Waals surface area contributed by atoms with Crippen LogP contribution >= 0.6 is 11.6 Å². The second-order valence-corrected chi connectivity index (χ2v) is 11.0. The summed E-state index contributed by atoms with van der Waals surface area (Å²) in [5.41, 5.74) is 6.14. The van der Waals surface area contributed by atoms with E-state index >= 15 is 0 Å². The molecule has 1 atom stereocenters. The number of halogens is 1. The van der Waals surface area contributed by atoms with Gasteiger partial charge in [0, 0.05) is 25.6 Å². The van der Waals surface area contributed by atoms with Crippen LogP contribution in [0.15, 0.2) is 54.6 Å². The molecule has 1 N–H and O–H groups in total. The van der Waals surface area contributed by atoms with Crippen LogP contribution in [0.5, 0.6) is 5.75 Å². The number of carbonyl (C=O) groups excluding carboxylic acids is 1. The molecule has 1 aromatic heterocycles. The van der Waals surface area contributed by atoms with Crippen LogP contribution < -0.4 is 4.74 Å². The lowest BCUT2D eigenvalue weighted by Crippen LogP contribution is -2.36. The van der Waals surface area contributed by atoms with Crippen molar-refractivity contribution in [2.45, 2.75) is 57.5 Å². The maximum absolute atomic E-state index is 13.5. The number of benzene rings is 3. The van der Waals surface area contributed by atoms with Gasteiger partial charge in [0.2, 0.25) is 0 Å². The smallest absolute Gasteiger partial charge is 0.304 e. The average Bonchev–Trinajstić information content (AvgIpc) is 3.36. The molecule has 0 aliphatic carbocycles. The Hall–Kier alpha value is -3.91. The number of aliphatic carboxylic acids is 1. The number of aryl methyl sites for hydroxylation is 1. The fourth-order valence-corrected chi connectivity index (χ4v) is 6.03. The largest absolute Gasteiger partial charge is 0.494 e. The summed E-state index contributed by atoms with van der Waals surface area (Å²) in [5, 5.41) is 18.9. The number of ether oxygens (including phenoxy) is 1.